The van der Waals surface area contributed by atoms with Gasteiger partial charge in [-0.05, 0) is 43.0 Å². The van der Waals surface area contributed by atoms with Gasteiger partial charge in [-0.2, -0.15) is 0 Å². The summed E-state index contributed by atoms with van der Waals surface area (Å²) in [6, 6.07) is 6.44. The van der Waals surface area contributed by atoms with Crippen molar-refractivity contribution in [2.24, 2.45) is 5.92 Å². The van der Waals surface area contributed by atoms with Crippen LogP contribution in [0.5, 0.6) is 5.75 Å². The first-order valence-corrected chi connectivity index (χ1v) is 8.62. The van der Waals surface area contributed by atoms with E-state index in [1.54, 1.807) is 24.3 Å². The fourth-order valence-corrected chi connectivity index (χ4v) is 3.65. The lowest BCUT2D eigenvalue weighted by Crippen LogP contribution is -2.50. The van der Waals surface area contributed by atoms with E-state index in [4.69, 9.17) is 0 Å². The van der Waals surface area contributed by atoms with Crippen LogP contribution in [0.15, 0.2) is 24.3 Å². The third kappa shape index (κ3) is 4.03. The molecule has 2 aliphatic rings. The lowest BCUT2D eigenvalue weighted by molar-refractivity contribution is 0.0306. The molecule has 5 heteroatoms. The fourth-order valence-electron chi connectivity index (χ4n) is 3.65. The van der Waals surface area contributed by atoms with Crippen molar-refractivity contribution in [3.63, 3.8) is 0 Å². The second-order valence-corrected chi connectivity index (χ2v) is 6.75. The molecule has 0 unspecified atom stereocenters. The second-order valence-electron chi connectivity index (χ2n) is 6.75. The van der Waals surface area contributed by atoms with E-state index >= 15 is 0 Å². The summed E-state index contributed by atoms with van der Waals surface area (Å²) in [7, 11) is 0. The minimum Gasteiger partial charge on any atom is -0.508 e. The molecule has 23 heavy (non-hydrogen) atoms. The monoisotopic (exact) mass is 318 g/mol. The molecule has 1 aromatic rings. The lowest BCUT2D eigenvalue weighted by Gasteiger charge is -2.38. The summed E-state index contributed by atoms with van der Waals surface area (Å²) in [5.41, 5.74) is 0.624. The van der Waals surface area contributed by atoms with E-state index in [1.165, 1.54) is 6.42 Å². The molecule has 0 radical (unpaired) electrons. The molecule has 5 nitrogen and oxygen atoms in total. The van der Waals surface area contributed by atoms with Crippen molar-refractivity contribution in [2.75, 3.05) is 32.7 Å². The highest BCUT2D eigenvalue weighted by atomic mass is 16.3. The summed E-state index contributed by atoms with van der Waals surface area (Å²) in [6.45, 7) is 4.13. The van der Waals surface area contributed by atoms with Gasteiger partial charge in [0.2, 0.25) is 0 Å². The van der Waals surface area contributed by atoms with E-state index in [0.717, 1.165) is 52.0 Å². The van der Waals surface area contributed by atoms with Gasteiger partial charge in [0, 0.05) is 38.3 Å². The SMILES string of the molecule is O=C(c1ccc(O)cc1)N1CCN(C[C@H]2CCCC[C@H]2O)CC1. The highest BCUT2D eigenvalue weighted by Crippen LogP contribution is 2.25. The van der Waals surface area contributed by atoms with Crippen LogP contribution in [0.4, 0.5) is 0 Å². The minimum absolute atomic E-state index is 0.0300. The molecule has 1 heterocycles. The number of benzene rings is 1. The maximum Gasteiger partial charge on any atom is 0.253 e. The average Bonchev–Trinajstić information content (AvgIpc) is 2.58. The van der Waals surface area contributed by atoms with Crippen molar-refractivity contribution in [1.29, 1.82) is 0 Å². The Bertz CT molecular complexity index is 524. The van der Waals surface area contributed by atoms with Crippen LogP contribution in [-0.4, -0.2) is 64.7 Å². The van der Waals surface area contributed by atoms with Crippen LogP contribution >= 0.6 is 0 Å². The predicted octanol–water partition coefficient (Wildman–Crippen LogP) is 1.70. The topological polar surface area (TPSA) is 64.0 Å². The Labute approximate surface area is 137 Å². The predicted molar refractivity (Wildman–Crippen MR) is 88.4 cm³/mol. The van der Waals surface area contributed by atoms with Gasteiger partial charge in [-0.15, -0.1) is 0 Å². The van der Waals surface area contributed by atoms with Crippen LogP contribution in [0, 0.1) is 5.92 Å². The van der Waals surface area contributed by atoms with Gasteiger partial charge in [0.25, 0.3) is 5.91 Å². The Morgan fingerprint density at radius 2 is 1.70 bits per heavy atom. The zero-order chi connectivity index (χ0) is 16.2. The normalized spacial score (nSPS) is 26.2. The molecule has 0 aromatic heterocycles. The first-order valence-electron chi connectivity index (χ1n) is 8.62. The summed E-state index contributed by atoms with van der Waals surface area (Å²) < 4.78 is 0. The number of hydrogen-bond acceptors (Lipinski definition) is 4. The van der Waals surface area contributed by atoms with E-state index in [9.17, 15) is 15.0 Å². The van der Waals surface area contributed by atoms with Gasteiger partial charge in [-0.1, -0.05) is 12.8 Å². The Hall–Kier alpha value is -1.59. The summed E-state index contributed by atoms with van der Waals surface area (Å²) >= 11 is 0. The zero-order valence-corrected chi connectivity index (χ0v) is 13.5. The van der Waals surface area contributed by atoms with E-state index in [0.29, 0.717) is 11.5 Å². The maximum absolute atomic E-state index is 12.4. The first kappa shape index (κ1) is 16.3. The molecule has 1 aliphatic heterocycles. The van der Waals surface area contributed by atoms with Crippen molar-refractivity contribution in [2.45, 2.75) is 31.8 Å². The molecule has 2 N–H and O–H groups in total. The van der Waals surface area contributed by atoms with Gasteiger partial charge in [0.05, 0.1) is 6.10 Å². The van der Waals surface area contributed by atoms with Crippen LogP contribution in [-0.2, 0) is 0 Å². The number of amides is 1. The van der Waals surface area contributed by atoms with E-state index < -0.39 is 0 Å². The molecule has 3 rings (SSSR count). The van der Waals surface area contributed by atoms with Gasteiger partial charge in [0.15, 0.2) is 0 Å². The Kier molecular flexibility index (Phi) is 5.18. The summed E-state index contributed by atoms with van der Waals surface area (Å²) in [5.74, 6) is 0.600. The smallest absolute Gasteiger partial charge is 0.253 e. The van der Waals surface area contributed by atoms with Crippen molar-refractivity contribution < 1.29 is 15.0 Å². The quantitative estimate of drug-likeness (QED) is 0.890. The largest absolute Gasteiger partial charge is 0.508 e. The third-order valence-corrected chi connectivity index (χ3v) is 5.14. The van der Waals surface area contributed by atoms with Crippen molar-refractivity contribution in [3.05, 3.63) is 29.8 Å². The molecule has 0 spiro atoms. The number of nitrogens with zero attached hydrogens (tertiary/aromatic N) is 2. The number of hydrogen-bond donors (Lipinski definition) is 2. The number of carbonyl (C=O) groups is 1. The molecule has 1 amide bonds. The molecular weight excluding hydrogens is 292 g/mol. The van der Waals surface area contributed by atoms with E-state index in [-0.39, 0.29) is 17.8 Å². The van der Waals surface area contributed by atoms with Gasteiger partial charge < -0.3 is 15.1 Å². The summed E-state index contributed by atoms with van der Waals surface area (Å²) in [5, 5.41) is 19.4. The standard InChI is InChI=1S/C18H26N2O3/c21-16-7-5-14(6-8-16)18(23)20-11-9-19(10-12-20)13-15-3-1-2-4-17(15)22/h5-8,15,17,21-22H,1-4,9-13H2/t15-,17-/m1/s1. The summed E-state index contributed by atoms with van der Waals surface area (Å²) in [6.07, 6.45) is 4.27. The Morgan fingerprint density at radius 1 is 1.04 bits per heavy atom. The lowest BCUT2D eigenvalue weighted by atomic mass is 9.86. The Balaban J connectivity index is 1.50. The number of phenolic OH excluding ortho intramolecular Hbond substituents is 1. The van der Waals surface area contributed by atoms with Crippen molar-refractivity contribution in [3.8, 4) is 5.75 Å². The van der Waals surface area contributed by atoms with Crippen molar-refractivity contribution >= 4 is 5.91 Å². The van der Waals surface area contributed by atoms with Crippen LogP contribution < -0.4 is 0 Å². The summed E-state index contributed by atoms with van der Waals surface area (Å²) in [4.78, 5) is 16.7. The number of phenols is 1. The average molecular weight is 318 g/mol. The zero-order valence-electron chi connectivity index (χ0n) is 13.5. The van der Waals surface area contributed by atoms with Gasteiger partial charge >= 0.3 is 0 Å². The van der Waals surface area contributed by atoms with Gasteiger partial charge in [0.1, 0.15) is 5.75 Å². The number of carbonyl (C=O) groups excluding carboxylic acids is 1. The maximum atomic E-state index is 12.4. The van der Waals surface area contributed by atoms with E-state index in [1.807, 2.05) is 4.90 Å². The highest BCUT2D eigenvalue weighted by Gasteiger charge is 2.28. The van der Waals surface area contributed by atoms with Crippen LogP contribution in [0.2, 0.25) is 0 Å². The molecule has 1 saturated carbocycles. The molecule has 2 fully saturated rings. The fraction of sp³-hybridized carbons (Fsp3) is 0.611. The molecule has 2 atom stereocenters. The molecule has 1 aliphatic carbocycles. The van der Waals surface area contributed by atoms with Crippen molar-refractivity contribution in [1.82, 2.24) is 9.80 Å². The molecule has 126 valence electrons. The number of aliphatic hydroxyl groups is 1. The highest BCUT2D eigenvalue weighted by molar-refractivity contribution is 5.94. The number of aliphatic hydroxyl groups excluding tert-OH is 1. The first-order chi connectivity index (χ1) is 11.1. The third-order valence-electron chi connectivity index (χ3n) is 5.14. The molecule has 1 saturated heterocycles. The van der Waals surface area contributed by atoms with Crippen LogP contribution in [0.1, 0.15) is 36.0 Å². The number of aromatic hydroxyl groups is 1. The van der Waals surface area contributed by atoms with Crippen LogP contribution in [0.3, 0.4) is 0 Å². The van der Waals surface area contributed by atoms with E-state index in [2.05, 4.69) is 4.90 Å². The molecule has 0 bridgehead atoms. The molecule has 1 aromatic carbocycles. The van der Waals surface area contributed by atoms with Crippen LogP contribution in [0.25, 0.3) is 0 Å². The minimum atomic E-state index is -0.152. The molecular formula is C18H26N2O3. The number of piperazine rings is 1. The van der Waals surface area contributed by atoms with Gasteiger partial charge in [-0.25, -0.2) is 0 Å². The van der Waals surface area contributed by atoms with Gasteiger partial charge in [-0.3, -0.25) is 9.69 Å². The second kappa shape index (κ2) is 7.32. The Morgan fingerprint density at radius 3 is 2.35 bits per heavy atom. The number of rotatable bonds is 3.